The van der Waals surface area contributed by atoms with E-state index in [9.17, 15) is 0 Å². The Morgan fingerprint density at radius 1 is 1.08 bits per heavy atom. The summed E-state index contributed by atoms with van der Waals surface area (Å²) in [6.07, 6.45) is 5.24. The highest BCUT2D eigenvalue weighted by Crippen LogP contribution is 2.43. The van der Waals surface area contributed by atoms with E-state index in [0.717, 1.165) is 12.5 Å². The second-order valence-electron chi connectivity index (χ2n) is 7.47. The Kier molecular flexibility index (Phi) is 5.34. The number of hydrogen-bond donors (Lipinski definition) is 1. The first kappa shape index (κ1) is 18.0. The Balaban J connectivity index is 0.00000168. The van der Waals surface area contributed by atoms with Crippen molar-refractivity contribution in [2.75, 3.05) is 13.2 Å². The molecule has 4 atom stereocenters. The molecule has 140 valence electrons. The summed E-state index contributed by atoms with van der Waals surface area (Å²) in [4.78, 5) is 0. The molecule has 0 spiro atoms. The molecule has 3 aliphatic rings. The maximum absolute atomic E-state index is 6.20. The van der Waals surface area contributed by atoms with Crippen molar-refractivity contribution in [2.45, 2.75) is 43.7 Å². The molecule has 7 heteroatoms. The molecule has 1 saturated heterocycles. The molecule has 1 N–H and O–H groups in total. The number of aromatic nitrogens is 2. The first-order chi connectivity index (χ1) is 12.4. The third kappa shape index (κ3) is 3.55. The Morgan fingerprint density at radius 2 is 1.88 bits per heavy atom. The molecular formula is C19H24ClN3O2S. The molecule has 2 bridgehead atoms. The number of nitrogens with one attached hydrogen (secondary N) is 1. The summed E-state index contributed by atoms with van der Waals surface area (Å²) in [5, 5.41) is 3.52. The summed E-state index contributed by atoms with van der Waals surface area (Å²) < 4.78 is 21.0. The molecule has 2 aromatic rings. The van der Waals surface area contributed by atoms with Gasteiger partial charge in [0.1, 0.15) is 6.10 Å². The fourth-order valence-corrected chi connectivity index (χ4v) is 4.74. The van der Waals surface area contributed by atoms with E-state index in [2.05, 4.69) is 44.4 Å². The lowest BCUT2D eigenvalue weighted by Crippen LogP contribution is -2.31. The van der Waals surface area contributed by atoms with Gasteiger partial charge in [-0.15, -0.1) is 21.2 Å². The van der Waals surface area contributed by atoms with Crippen LogP contribution in [0.25, 0.3) is 0 Å². The van der Waals surface area contributed by atoms with Crippen molar-refractivity contribution in [2.24, 2.45) is 11.8 Å². The minimum Gasteiger partial charge on any atom is -0.473 e. The lowest BCUT2D eigenvalue weighted by molar-refractivity contribution is 0.157. The molecule has 4 unspecified atom stereocenters. The smallest absolute Gasteiger partial charge is 0.291 e. The van der Waals surface area contributed by atoms with Crippen LogP contribution in [0.3, 0.4) is 0 Å². The Bertz CT molecular complexity index is 705. The van der Waals surface area contributed by atoms with E-state index in [-0.39, 0.29) is 18.5 Å². The molecule has 26 heavy (non-hydrogen) atoms. The van der Waals surface area contributed by atoms with Gasteiger partial charge in [-0.1, -0.05) is 30.3 Å². The van der Waals surface area contributed by atoms with Crippen LogP contribution < -0.4 is 14.8 Å². The van der Waals surface area contributed by atoms with Crippen LogP contribution in [0.5, 0.6) is 11.8 Å². The first-order valence-corrected chi connectivity index (χ1v) is 10.0. The molecule has 2 aliphatic carbocycles. The van der Waals surface area contributed by atoms with Crippen molar-refractivity contribution < 1.29 is 9.47 Å². The van der Waals surface area contributed by atoms with E-state index in [1.165, 1.54) is 43.0 Å². The van der Waals surface area contributed by atoms with Crippen LogP contribution in [0, 0.1) is 11.8 Å². The second kappa shape index (κ2) is 7.71. The van der Waals surface area contributed by atoms with E-state index in [1.807, 2.05) is 0 Å². The fourth-order valence-electron chi connectivity index (χ4n) is 4.30. The van der Waals surface area contributed by atoms with Gasteiger partial charge in [0.2, 0.25) is 0 Å². The van der Waals surface area contributed by atoms with Gasteiger partial charge < -0.3 is 14.8 Å². The zero-order chi connectivity index (χ0) is 16.6. The Morgan fingerprint density at radius 3 is 2.54 bits per heavy atom. The van der Waals surface area contributed by atoms with E-state index in [4.69, 9.17) is 9.47 Å². The first-order valence-electron chi connectivity index (χ1n) is 9.29. The zero-order valence-electron chi connectivity index (χ0n) is 14.5. The number of rotatable bonds is 7. The van der Waals surface area contributed by atoms with Gasteiger partial charge in [-0.05, 0) is 37.2 Å². The highest BCUT2D eigenvalue weighted by molar-refractivity contribution is 6.99. The summed E-state index contributed by atoms with van der Waals surface area (Å²) in [6, 6.07) is 11.1. The number of hydrogen-bond acceptors (Lipinski definition) is 6. The van der Waals surface area contributed by atoms with Gasteiger partial charge in [-0.25, -0.2) is 0 Å². The largest absolute Gasteiger partial charge is 0.473 e. The molecule has 5 rings (SSSR count). The second-order valence-corrected chi connectivity index (χ2v) is 8.00. The van der Waals surface area contributed by atoms with Crippen LogP contribution >= 0.6 is 24.1 Å². The third-order valence-corrected chi connectivity index (χ3v) is 6.34. The summed E-state index contributed by atoms with van der Waals surface area (Å²) in [6.45, 7) is 1.70. The Hall–Kier alpha value is -1.37. The number of benzene rings is 1. The molecule has 1 aromatic carbocycles. The zero-order valence-corrected chi connectivity index (χ0v) is 16.2. The predicted molar refractivity (Wildman–Crippen MR) is 103 cm³/mol. The molecule has 2 heterocycles. The van der Waals surface area contributed by atoms with Crippen molar-refractivity contribution in [1.29, 1.82) is 0 Å². The summed E-state index contributed by atoms with van der Waals surface area (Å²) >= 11 is 1.17. The van der Waals surface area contributed by atoms with Crippen molar-refractivity contribution in [1.82, 2.24) is 14.1 Å². The van der Waals surface area contributed by atoms with Crippen LogP contribution in [0.15, 0.2) is 30.3 Å². The average Bonchev–Trinajstić information content (AvgIpc) is 3.13. The van der Waals surface area contributed by atoms with Gasteiger partial charge >= 0.3 is 0 Å². The molecule has 5 nitrogen and oxygen atoms in total. The topological polar surface area (TPSA) is 56.3 Å². The number of piperidine rings is 1. The van der Waals surface area contributed by atoms with Gasteiger partial charge in [-0.3, -0.25) is 0 Å². The summed E-state index contributed by atoms with van der Waals surface area (Å²) in [7, 11) is 0. The van der Waals surface area contributed by atoms with Crippen molar-refractivity contribution in [3.8, 4) is 11.8 Å². The SMILES string of the molecule is Cl.c1ccc(C(COc2nsnc2OC2C3CCC2NC3)C2CC2)cc1. The molecule has 0 radical (unpaired) electrons. The van der Waals surface area contributed by atoms with Crippen molar-refractivity contribution in [3.63, 3.8) is 0 Å². The monoisotopic (exact) mass is 393 g/mol. The van der Waals surface area contributed by atoms with Gasteiger partial charge in [-0.2, -0.15) is 0 Å². The number of ether oxygens (including phenoxy) is 2. The van der Waals surface area contributed by atoms with Gasteiger partial charge in [0.25, 0.3) is 11.8 Å². The quantitative estimate of drug-likeness (QED) is 0.777. The normalized spacial score (nSPS) is 27.8. The third-order valence-electron chi connectivity index (χ3n) is 5.85. The number of halogens is 1. The highest BCUT2D eigenvalue weighted by atomic mass is 35.5. The van der Waals surface area contributed by atoms with Crippen LogP contribution in [-0.2, 0) is 0 Å². The van der Waals surface area contributed by atoms with Crippen molar-refractivity contribution in [3.05, 3.63) is 35.9 Å². The standard InChI is InChI=1S/C19H23N3O2S.ClH/c1-2-4-12(5-3-1)15(13-6-7-13)11-23-18-19(22-25-21-18)24-17-14-8-9-16(17)20-10-14;/h1-5,13-17,20H,6-11H2;1H. The van der Waals surface area contributed by atoms with Crippen LogP contribution in [-0.4, -0.2) is 34.0 Å². The van der Waals surface area contributed by atoms with Crippen molar-refractivity contribution >= 4 is 24.1 Å². The molecular weight excluding hydrogens is 370 g/mol. The lowest BCUT2D eigenvalue weighted by Gasteiger charge is -2.18. The highest BCUT2D eigenvalue weighted by Gasteiger charge is 2.44. The van der Waals surface area contributed by atoms with E-state index in [0.29, 0.717) is 36.2 Å². The summed E-state index contributed by atoms with van der Waals surface area (Å²) in [5.41, 5.74) is 1.36. The van der Waals surface area contributed by atoms with Gasteiger partial charge in [0.05, 0.1) is 18.3 Å². The average molecular weight is 394 g/mol. The van der Waals surface area contributed by atoms with E-state index >= 15 is 0 Å². The molecule has 3 fully saturated rings. The van der Waals surface area contributed by atoms with Gasteiger partial charge in [0.15, 0.2) is 0 Å². The van der Waals surface area contributed by atoms with Crippen LogP contribution in [0.1, 0.15) is 37.2 Å². The minimum atomic E-state index is 0. The Labute approximate surface area is 164 Å². The van der Waals surface area contributed by atoms with Crippen LogP contribution in [0.2, 0.25) is 0 Å². The van der Waals surface area contributed by atoms with Crippen LogP contribution in [0.4, 0.5) is 0 Å². The minimum absolute atomic E-state index is 0. The number of fused-ring (bicyclic) bond motifs is 2. The molecule has 0 amide bonds. The van der Waals surface area contributed by atoms with E-state index < -0.39 is 0 Å². The maximum Gasteiger partial charge on any atom is 0.291 e. The molecule has 2 saturated carbocycles. The predicted octanol–water partition coefficient (Wildman–Crippen LogP) is 3.66. The number of nitrogens with zero attached hydrogens (tertiary/aromatic N) is 2. The fraction of sp³-hybridized carbons (Fsp3) is 0.579. The summed E-state index contributed by atoms with van der Waals surface area (Å²) in [5.74, 6) is 2.91. The molecule has 1 aliphatic heterocycles. The molecule has 1 aromatic heterocycles. The maximum atomic E-state index is 6.20. The van der Waals surface area contributed by atoms with E-state index in [1.54, 1.807) is 0 Å². The van der Waals surface area contributed by atoms with Gasteiger partial charge in [0, 0.05) is 24.4 Å². The lowest BCUT2D eigenvalue weighted by atomic mass is 9.95.